The summed E-state index contributed by atoms with van der Waals surface area (Å²) in [5.41, 5.74) is 8.16. The molecule has 4 nitrogen and oxygen atoms in total. The number of hydrogen-bond acceptors (Lipinski definition) is 2. The zero-order valence-corrected chi connectivity index (χ0v) is 12.5. The van der Waals surface area contributed by atoms with Crippen LogP contribution >= 0.6 is 0 Å². The van der Waals surface area contributed by atoms with Crippen LogP contribution in [-0.4, -0.2) is 9.36 Å². The highest BCUT2D eigenvalue weighted by Gasteiger charge is 2.18. The zero-order valence-electron chi connectivity index (χ0n) is 12.5. The molecule has 0 unspecified atom stereocenters. The maximum absolute atomic E-state index is 12.5. The molecule has 1 aromatic carbocycles. The highest BCUT2D eigenvalue weighted by molar-refractivity contribution is 5.45. The summed E-state index contributed by atoms with van der Waals surface area (Å²) in [4.78, 5) is 12.5. The van der Waals surface area contributed by atoms with Crippen molar-refractivity contribution in [3.05, 3.63) is 46.4 Å². The van der Waals surface area contributed by atoms with E-state index in [1.807, 2.05) is 35.0 Å². The lowest BCUT2D eigenvalue weighted by Gasteiger charge is -2.15. The molecule has 1 aromatic heterocycles. The van der Waals surface area contributed by atoms with Crippen LogP contribution in [0.5, 0.6) is 0 Å². The fourth-order valence-electron chi connectivity index (χ4n) is 2.48. The Morgan fingerprint density at radius 2 is 1.85 bits per heavy atom. The lowest BCUT2D eigenvalue weighted by Crippen LogP contribution is -2.22. The van der Waals surface area contributed by atoms with E-state index in [-0.39, 0.29) is 5.56 Å². The minimum absolute atomic E-state index is 0.111. The van der Waals surface area contributed by atoms with Gasteiger partial charge in [-0.25, -0.2) is 4.68 Å². The maximum Gasteiger partial charge on any atom is 0.294 e. The molecule has 20 heavy (non-hydrogen) atoms. The highest BCUT2D eigenvalue weighted by atomic mass is 16.1. The van der Waals surface area contributed by atoms with Gasteiger partial charge in [-0.1, -0.05) is 39.0 Å². The van der Waals surface area contributed by atoms with Crippen molar-refractivity contribution in [1.82, 2.24) is 9.36 Å². The van der Waals surface area contributed by atoms with Gasteiger partial charge in [0, 0.05) is 6.54 Å². The number of nitrogen functional groups attached to an aromatic ring is 1. The van der Waals surface area contributed by atoms with Crippen molar-refractivity contribution < 1.29 is 0 Å². The molecule has 1 heterocycles. The highest BCUT2D eigenvalue weighted by Crippen LogP contribution is 2.17. The molecule has 0 bridgehead atoms. The monoisotopic (exact) mass is 273 g/mol. The minimum atomic E-state index is -0.111. The smallest absolute Gasteiger partial charge is 0.294 e. The van der Waals surface area contributed by atoms with Crippen LogP contribution in [0, 0.1) is 5.92 Å². The fraction of sp³-hybridized carbons (Fsp3) is 0.438. The summed E-state index contributed by atoms with van der Waals surface area (Å²) in [7, 11) is 0. The summed E-state index contributed by atoms with van der Waals surface area (Å²) in [5, 5.41) is 0. The molecule has 0 amide bonds. The third-order valence-corrected chi connectivity index (χ3v) is 3.32. The van der Waals surface area contributed by atoms with Gasteiger partial charge in [-0.2, -0.15) is 0 Å². The van der Waals surface area contributed by atoms with Gasteiger partial charge in [0.1, 0.15) is 5.69 Å². The first-order chi connectivity index (χ1) is 9.56. The Morgan fingerprint density at radius 1 is 1.20 bits per heavy atom. The van der Waals surface area contributed by atoms with E-state index in [1.165, 1.54) is 0 Å². The molecule has 0 radical (unpaired) electrons. The van der Waals surface area contributed by atoms with E-state index in [2.05, 4.69) is 20.8 Å². The van der Waals surface area contributed by atoms with Crippen LogP contribution in [0.3, 0.4) is 0 Å². The van der Waals surface area contributed by atoms with Crippen LogP contribution in [0.1, 0.15) is 32.9 Å². The molecule has 2 rings (SSSR count). The van der Waals surface area contributed by atoms with Gasteiger partial charge in [0.2, 0.25) is 0 Å². The van der Waals surface area contributed by atoms with E-state index >= 15 is 0 Å². The van der Waals surface area contributed by atoms with Crippen LogP contribution in [0.15, 0.2) is 35.1 Å². The standard InChI is InChI=1S/C16H23N3O/c1-4-10-18-14(11-12(2)3)15(17)16(20)19(18)13-8-6-5-7-9-13/h5-9,12H,4,10-11,17H2,1-3H3. The summed E-state index contributed by atoms with van der Waals surface area (Å²) in [6, 6.07) is 9.69. The Bertz CT molecular complexity index is 623. The normalized spacial score (nSPS) is 11.2. The number of rotatable bonds is 5. The first-order valence-electron chi connectivity index (χ1n) is 7.21. The maximum atomic E-state index is 12.5. The van der Waals surface area contributed by atoms with Crippen LogP contribution < -0.4 is 11.3 Å². The number of hydrogen-bond donors (Lipinski definition) is 1. The molecule has 0 aliphatic rings. The lowest BCUT2D eigenvalue weighted by molar-refractivity contribution is 0.494. The summed E-state index contributed by atoms with van der Waals surface area (Å²) >= 11 is 0. The summed E-state index contributed by atoms with van der Waals surface area (Å²) < 4.78 is 3.74. The molecule has 108 valence electrons. The molecular weight excluding hydrogens is 250 g/mol. The number of anilines is 1. The quantitative estimate of drug-likeness (QED) is 0.910. The predicted octanol–water partition coefficient (Wildman–Crippen LogP) is 2.83. The van der Waals surface area contributed by atoms with Gasteiger partial charge < -0.3 is 5.73 Å². The molecule has 4 heteroatoms. The van der Waals surface area contributed by atoms with Crippen LogP contribution in [0.4, 0.5) is 5.69 Å². The second kappa shape index (κ2) is 5.99. The van der Waals surface area contributed by atoms with E-state index in [0.29, 0.717) is 11.6 Å². The van der Waals surface area contributed by atoms with Gasteiger partial charge in [0.05, 0.1) is 11.4 Å². The number of para-hydroxylation sites is 1. The molecule has 2 N–H and O–H groups in total. The topological polar surface area (TPSA) is 52.9 Å². The SMILES string of the molecule is CCCn1c(CC(C)C)c(N)c(=O)n1-c1ccccc1. The molecule has 2 aromatic rings. The molecule has 0 aliphatic carbocycles. The van der Waals surface area contributed by atoms with Gasteiger partial charge >= 0.3 is 0 Å². The van der Waals surface area contributed by atoms with E-state index in [9.17, 15) is 4.79 Å². The summed E-state index contributed by atoms with van der Waals surface area (Å²) in [6.45, 7) is 7.18. The van der Waals surface area contributed by atoms with Crippen molar-refractivity contribution >= 4 is 5.69 Å². The van der Waals surface area contributed by atoms with Crippen LogP contribution in [0.2, 0.25) is 0 Å². The first kappa shape index (κ1) is 14.4. The second-order valence-corrected chi connectivity index (χ2v) is 5.53. The first-order valence-corrected chi connectivity index (χ1v) is 7.21. The fourth-order valence-corrected chi connectivity index (χ4v) is 2.48. The molecule has 0 atom stereocenters. The van der Waals surface area contributed by atoms with Crippen LogP contribution in [-0.2, 0) is 13.0 Å². The second-order valence-electron chi connectivity index (χ2n) is 5.53. The zero-order chi connectivity index (χ0) is 14.7. The Balaban J connectivity index is 2.64. The van der Waals surface area contributed by atoms with Crippen molar-refractivity contribution in [2.24, 2.45) is 5.92 Å². The predicted molar refractivity (Wildman–Crippen MR) is 83.3 cm³/mol. The Labute approximate surface area is 119 Å². The Hall–Kier alpha value is -1.97. The molecule has 0 saturated heterocycles. The van der Waals surface area contributed by atoms with Gasteiger partial charge in [-0.15, -0.1) is 0 Å². The van der Waals surface area contributed by atoms with Crippen molar-refractivity contribution in [2.45, 2.75) is 40.2 Å². The molecule has 0 spiro atoms. The van der Waals surface area contributed by atoms with E-state index < -0.39 is 0 Å². The third kappa shape index (κ3) is 2.64. The third-order valence-electron chi connectivity index (χ3n) is 3.32. The summed E-state index contributed by atoms with van der Waals surface area (Å²) in [5.74, 6) is 0.464. The molecule has 0 fully saturated rings. The molecule has 0 saturated carbocycles. The largest absolute Gasteiger partial charge is 0.393 e. The Kier molecular flexibility index (Phi) is 4.32. The van der Waals surface area contributed by atoms with Gasteiger partial charge in [0.25, 0.3) is 5.56 Å². The van der Waals surface area contributed by atoms with Crippen molar-refractivity contribution in [3.8, 4) is 5.69 Å². The average Bonchev–Trinajstić information content (AvgIpc) is 2.65. The van der Waals surface area contributed by atoms with Crippen molar-refractivity contribution in [2.75, 3.05) is 5.73 Å². The van der Waals surface area contributed by atoms with Crippen molar-refractivity contribution in [1.29, 1.82) is 0 Å². The minimum Gasteiger partial charge on any atom is -0.393 e. The number of nitrogens with two attached hydrogens (primary N) is 1. The Morgan fingerprint density at radius 3 is 2.40 bits per heavy atom. The van der Waals surface area contributed by atoms with E-state index in [4.69, 9.17) is 5.73 Å². The van der Waals surface area contributed by atoms with Crippen LogP contribution in [0.25, 0.3) is 5.69 Å². The molecular formula is C16H23N3O. The number of benzene rings is 1. The van der Waals surface area contributed by atoms with Gasteiger partial charge in [-0.05, 0) is 30.9 Å². The van der Waals surface area contributed by atoms with E-state index in [1.54, 1.807) is 4.68 Å². The van der Waals surface area contributed by atoms with Gasteiger partial charge in [-0.3, -0.25) is 9.48 Å². The average molecular weight is 273 g/mol. The molecule has 0 aliphatic heterocycles. The lowest BCUT2D eigenvalue weighted by atomic mass is 10.1. The number of aromatic nitrogens is 2. The van der Waals surface area contributed by atoms with Gasteiger partial charge in [0.15, 0.2) is 0 Å². The van der Waals surface area contributed by atoms with Crippen molar-refractivity contribution in [3.63, 3.8) is 0 Å². The number of nitrogens with zero attached hydrogens (tertiary/aromatic N) is 2. The summed E-state index contributed by atoms with van der Waals surface area (Å²) in [6.07, 6.45) is 1.78. The van der Waals surface area contributed by atoms with E-state index in [0.717, 1.165) is 30.8 Å².